The van der Waals surface area contributed by atoms with Crippen molar-refractivity contribution in [1.82, 2.24) is 15.2 Å². The number of hydrogen-bond acceptors (Lipinski definition) is 5. The molecular formula is C14H11BrN4OS. The summed E-state index contributed by atoms with van der Waals surface area (Å²) in [6, 6.07) is 11.5. The van der Waals surface area contributed by atoms with Gasteiger partial charge in [0.15, 0.2) is 0 Å². The number of nitrogens with zero attached hydrogens (tertiary/aromatic N) is 2. The first-order chi connectivity index (χ1) is 10.2. The SMILES string of the molecule is O=c1[nH]c(Nc2cccc(Br)c2)nnc1Cc1cccs1. The Bertz CT molecular complexity index is 801. The molecule has 0 bridgehead atoms. The summed E-state index contributed by atoms with van der Waals surface area (Å²) in [5.74, 6) is 0.327. The van der Waals surface area contributed by atoms with E-state index < -0.39 is 0 Å². The zero-order chi connectivity index (χ0) is 14.7. The van der Waals surface area contributed by atoms with Crippen molar-refractivity contribution < 1.29 is 0 Å². The number of thiophene rings is 1. The van der Waals surface area contributed by atoms with E-state index in [9.17, 15) is 4.79 Å². The molecule has 3 rings (SSSR count). The summed E-state index contributed by atoms with van der Waals surface area (Å²) in [5, 5.41) is 13.0. The zero-order valence-corrected chi connectivity index (χ0v) is 13.2. The van der Waals surface area contributed by atoms with Crippen LogP contribution in [0.3, 0.4) is 0 Å². The van der Waals surface area contributed by atoms with E-state index in [-0.39, 0.29) is 5.56 Å². The second kappa shape index (κ2) is 6.19. The van der Waals surface area contributed by atoms with Crippen molar-refractivity contribution in [2.45, 2.75) is 6.42 Å². The molecule has 106 valence electrons. The fourth-order valence-electron chi connectivity index (χ4n) is 1.81. The van der Waals surface area contributed by atoms with Crippen LogP contribution < -0.4 is 10.9 Å². The van der Waals surface area contributed by atoms with Gasteiger partial charge in [0.25, 0.3) is 5.56 Å². The molecule has 2 N–H and O–H groups in total. The van der Waals surface area contributed by atoms with Crippen molar-refractivity contribution in [3.8, 4) is 0 Å². The molecule has 0 spiro atoms. The highest BCUT2D eigenvalue weighted by atomic mass is 79.9. The highest BCUT2D eigenvalue weighted by molar-refractivity contribution is 9.10. The zero-order valence-electron chi connectivity index (χ0n) is 10.8. The number of rotatable bonds is 4. The Kier molecular flexibility index (Phi) is 4.12. The van der Waals surface area contributed by atoms with E-state index in [2.05, 4.69) is 36.4 Å². The molecule has 0 aliphatic heterocycles. The molecule has 0 unspecified atom stereocenters. The van der Waals surface area contributed by atoms with Gasteiger partial charge in [0.2, 0.25) is 5.95 Å². The summed E-state index contributed by atoms with van der Waals surface area (Å²) in [5.41, 5.74) is 1.01. The number of hydrogen-bond donors (Lipinski definition) is 2. The van der Waals surface area contributed by atoms with Gasteiger partial charge in [0.05, 0.1) is 0 Å². The fourth-order valence-corrected chi connectivity index (χ4v) is 2.92. The monoisotopic (exact) mass is 362 g/mol. The summed E-state index contributed by atoms with van der Waals surface area (Å²) in [7, 11) is 0. The van der Waals surface area contributed by atoms with Crippen LogP contribution in [-0.4, -0.2) is 15.2 Å². The summed E-state index contributed by atoms with van der Waals surface area (Å²) in [6.45, 7) is 0. The minimum absolute atomic E-state index is 0.226. The molecule has 2 heterocycles. The van der Waals surface area contributed by atoms with Crippen molar-refractivity contribution in [2.24, 2.45) is 0 Å². The normalized spacial score (nSPS) is 10.5. The molecule has 0 fully saturated rings. The standard InChI is InChI=1S/C14H11BrN4OS/c15-9-3-1-4-10(7-9)16-14-17-13(20)12(18-19-14)8-11-5-2-6-21-11/h1-7H,8H2,(H2,16,17,19,20). The van der Waals surface area contributed by atoms with Gasteiger partial charge in [0.1, 0.15) is 5.69 Å². The molecule has 0 aliphatic rings. The topological polar surface area (TPSA) is 70.7 Å². The van der Waals surface area contributed by atoms with Crippen molar-refractivity contribution in [2.75, 3.05) is 5.32 Å². The van der Waals surface area contributed by atoms with E-state index in [1.807, 2.05) is 41.8 Å². The molecule has 0 aliphatic carbocycles. The number of aromatic amines is 1. The summed E-state index contributed by atoms with van der Waals surface area (Å²) in [6.07, 6.45) is 0.497. The van der Waals surface area contributed by atoms with E-state index in [0.717, 1.165) is 15.0 Å². The van der Waals surface area contributed by atoms with Crippen LogP contribution in [0.25, 0.3) is 0 Å². The number of aromatic nitrogens is 3. The maximum absolute atomic E-state index is 12.0. The molecular weight excluding hydrogens is 352 g/mol. The maximum atomic E-state index is 12.0. The molecule has 3 aromatic rings. The number of halogens is 1. The minimum Gasteiger partial charge on any atom is -0.324 e. The van der Waals surface area contributed by atoms with Gasteiger partial charge in [0, 0.05) is 21.5 Å². The third-order valence-electron chi connectivity index (χ3n) is 2.77. The molecule has 7 heteroatoms. The lowest BCUT2D eigenvalue weighted by Crippen LogP contribution is -2.18. The van der Waals surface area contributed by atoms with E-state index in [1.165, 1.54) is 0 Å². The quantitative estimate of drug-likeness (QED) is 0.746. The predicted octanol–water partition coefficient (Wildman–Crippen LogP) is 3.32. The van der Waals surface area contributed by atoms with Crippen LogP contribution in [0.2, 0.25) is 0 Å². The molecule has 0 atom stereocenters. The lowest BCUT2D eigenvalue weighted by atomic mass is 10.3. The van der Waals surface area contributed by atoms with Crippen LogP contribution in [0.5, 0.6) is 0 Å². The van der Waals surface area contributed by atoms with Crippen molar-refractivity contribution in [3.63, 3.8) is 0 Å². The smallest absolute Gasteiger partial charge is 0.274 e. The molecule has 21 heavy (non-hydrogen) atoms. The molecule has 2 aromatic heterocycles. The summed E-state index contributed by atoms with van der Waals surface area (Å²) < 4.78 is 0.942. The molecule has 0 saturated heterocycles. The maximum Gasteiger partial charge on any atom is 0.274 e. The number of anilines is 2. The number of benzene rings is 1. The molecule has 0 radical (unpaired) electrons. The van der Waals surface area contributed by atoms with Crippen LogP contribution in [0, 0.1) is 0 Å². The van der Waals surface area contributed by atoms with Gasteiger partial charge in [-0.3, -0.25) is 9.78 Å². The highest BCUT2D eigenvalue weighted by Gasteiger charge is 2.07. The van der Waals surface area contributed by atoms with Gasteiger partial charge in [-0.25, -0.2) is 0 Å². The van der Waals surface area contributed by atoms with Gasteiger partial charge in [-0.15, -0.1) is 21.5 Å². The Morgan fingerprint density at radius 2 is 2.14 bits per heavy atom. The van der Waals surface area contributed by atoms with E-state index in [1.54, 1.807) is 11.3 Å². The second-order valence-corrected chi connectivity index (χ2v) is 6.29. The van der Waals surface area contributed by atoms with Gasteiger partial charge in [-0.1, -0.05) is 28.1 Å². The molecule has 5 nitrogen and oxygen atoms in total. The third kappa shape index (κ3) is 3.56. The fraction of sp³-hybridized carbons (Fsp3) is 0.0714. The first kappa shape index (κ1) is 14.0. The van der Waals surface area contributed by atoms with E-state index in [0.29, 0.717) is 18.1 Å². The van der Waals surface area contributed by atoms with Crippen LogP contribution in [0.4, 0.5) is 11.6 Å². The average molecular weight is 363 g/mol. The van der Waals surface area contributed by atoms with Crippen LogP contribution in [-0.2, 0) is 6.42 Å². The van der Waals surface area contributed by atoms with E-state index >= 15 is 0 Å². The lowest BCUT2D eigenvalue weighted by Gasteiger charge is -2.05. The summed E-state index contributed by atoms with van der Waals surface area (Å²) in [4.78, 5) is 15.8. The Hall–Kier alpha value is -1.99. The number of H-pyrrole nitrogens is 1. The van der Waals surface area contributed by atoms with Crippen molar-refractivity contribution in [3.05, 3.63) is 67.2 Å². The largest absolute Gasteiger partial charge is 0.324 e. The molecule has 1 aromatic carbocycles. The van der Waals surface area contributed by atoms with E-state index in [4.69, 9.17) is 0 Å². The molecule has 0 saturated carbocycles. The number of nitrogens with one attached hydrogen (secondary N) is 2. The highest BCUT2D eigenvalue weighted by Crippen LogP contribution is 2.17. The van der Waals surface area contributed by atoms with Crippen molar-refractivity contribution >= 4 is 38.9 Å². The van der Waals surface area contributed by atoms with Crippen LogP contribution >= 0.6 is 27.3 Å². The first-order valence-corrected chi connectivity index (χ1v) is 7.89. The van der Waals surface area contributed by atoms with Crippen LogP contribution in [0.1, 0.15) is 10.6 Å². The second-order valence-electron chi connectivity index (χ2n) is 4.34. The Morgan fingerprint density at radius 1 is 1.24 bits per heavy atom. The summed E-state index contributed by atoms with van der Waals surface area (Å²) >= 11 is 4.98. The average Bonchev–Trinajstić information content (AvgIpc) is 2.95. The lowest BCUT2D eigenvalue weighted by molar-refractivity contribution is 0.879. The van der Waals surface area contributed by atoms with Crippen LogP contribution in [0.15, 0.2) is 51.0 Å². The Balaban J connectivity index is 1.79. The van der Waals surface area contributed by atoms with Gasteiger partial charge in [-0.2, -0.15) is 0 Å². The Labute approximate surface area is 133 Å². The van der Waals surface area contributed by atoms with Gasteiger partial charge in [-0.05, 0) is 29.6 Å². The van der Waals surface area contributed by atoms with Gasteiger partial charge >= 0.3 is 0 Å². The first-order valence-electron chi connectivity index (χ1n) is 6.21. The Morgan fingerprint density at radius 3 is 2.86 bits per heavy atom. The predicted molar refractivity (Wildman–Crippen MR) is 87.2 cm³/mol. The minimum atomic E-state index is -0.226. The molecule has 0 amide bonds. The third-order valence-corrected chi connectivity index (χ3v) is 4.14. The van der Waals surface area contributed by atoms with Crippen molar-refractivity contribution in [1.29, 1.82) is 0 Å². The van der Waals surface area contributed by atoms with Gasteiger partial charge < -0.3 is 5.32 Å².